The van der Waals surface area contributed by atoms with E-state index >= 15 is 0 Å². The maximum absolute atomic E-state index is 13.0. The highest BCUT2D eigenvalue weighted by Gasteiger charge is 2.12. The smallest absolute Gasteiger partial charge is 0.168 e. The Morgan fingerprint density at radius 2 is 1.89 bits per heavy atom. The van der Waals surface area contributed by atoms with Crippen molar-refractivity contribution in [1.82, 2.24) is 0 Å². The van der Waals surface area contributed by atoms with E-state index in [-0.39, 0.29) is 11.6 Å². The van der Waals surface area contributed by atoms with Crippen molar-refractivity contribution >= 4 is 21.7 Å². The lowest BCUT2D eigenvalue weighted by Gasteiger charge is -2.08. The van der Waals surface area contributed by atoms with Crippen molar-refractivity contribution in [3.05, 3.63) is 68.9 Å². The van der Waals surface area contributed by atoms with Gasteiger partial charge < -0.3 is 0 Å². The molecule has 0 atom stereocenters. The number of benzene rings is 2. The predicted octanol–water partition coefficient (Wildman–Crippen LogP) is 4.63. The highest BCUT2D eigenvalue weighted by molar-refractivity contribution is 9.10. The zero-order valence-electron chi connectivity index (χ0n) is 10.8. The van der Waals surface area contributed by atoms with E-state index in [2.05, 4.69) is 15.9 Å². The summed E-state index contributed by atoms with van der Waals surface area (Å²) in [4.78, 5) is 12.3. The lowest BCUT2D eigenvalue weighted by atomic mass is 9.98. The Kier molecular flexibility index (Phi) is 4.15. The summed E-state index contributed by atoms with van der Waals surface area (Å²) in [6, 6.07) is 10.2. The first kappa shape index (κ1) is 13.9. The topological polar surface area (TPSA) is 17.1 Å². The molecule has 0 amide bonds. The minimum Gasteiger partial charge on any atom is -0.294 e. The van der Waals surface area contributed by atoms with Gasteiger partial charge in [0.2, 0.25) is 0 Å². The van der Waals surface area contributed by atoms with Gasteiger partial charge in [-0.15, -0.1) is 0 Å². The molecular formula is C16H14BrFO. The molecule has 0 saturated carbocycles. The van der Waals surface area contributed by atoms with Gasteiger partial charge in [0.05, 0.1) is 0 Å². The Hall–Kier alpha value is -1.48. The minimum absolute atomic E-state index is 0.0134. The number of hydrogen-bond donors (Lipinski definition) is 0. The monoisotopic (exact) mass is 320 g/mol. The second-order valence-electron chi connectivity index (χ2n) is 4.65. The van der Waals surface area contributed by atoms with Crippen LogP contribution < -0.4 is 0 Å². The molecule has 2 aromatic carbocycles. The summed E-state index contributed by atoms with van der Waals surface area (Å²) in [6.07, 6.45) is 0.331. The van der Waals surface area contributed by atoms with Crippen LogP contribution in [0.1, 0.15) is 27.0 Å². The van der Waals surface area contributed by atoms with Crippen LogP contribution in [0.3, 0.4) is 0 Å². The van der Waals surface area contributed by atoms with Crippen molar-refractivity contribution < 1.29 is 9.18 Å². The van der Waals surface area contributed by atoms with Crippen LogP contribution in [-0.4, -0.2) is 5.78 Å². The molecule has 2 rings (SSSR count). The summed E-state index contributed by atoms with van der Waals surface area (Å²) < 4.78 is 13.5. The van der Waals surface area contributed by atoms with E-state index in [0.29, 0.717) is 16.5 Å². The number of Topliss-reactive ketones (excluding diaryl/α,β-unsaturated/α-hetero) is 1. The molecule has 0 aliphatic heterocycles. The first-order valence-electron chi connectivity index (χ1n) is 6.02. The number of ketones is 1. The third-order valence-corrected chi connectivity index (χ3v) is 3.74. The summed E-state index contributed by atoms with van der Waals surface area (Å²) in [6.45, 7) is 3.99. The number of hydrogen-bond acceptors (Lipinski definition) is 1. The molecule has 0 heterocycles. The fourth-order valence-corrected chi connectivity index (χ4v) is 2.55. The first-order valence-corrected chi connectivity index (χ1v) is 6.81. The first-order chi connectivity index (χ1) is 8.97. The Morgan fingerprint density at radius 1 is 1.16 bits per heavy atom. The fourth-order valence-electron chi connectivity index (χ4n) is 1.97. The number of carbonyl (C=O) groups is 1. The molecular weight excluding hydrogens is 307 g/mol. The Balaban J connectivity index is 2.28. The van der Waals surface area contributed by atoms with E-state index < -0.39 is 0 Å². The lowest BCUT2D eigenvalue weighted by molar-refractivity contribution is 0.0992. The van der Waals surface area contributed by atoms with Crippen LogP contribution in [0.2, 0.25) is 0 Å². The number of rotatable bonds is 3. The maximum atomic E-state index is 13.0. The van der Waals surface area contributed by atoms with Crippen LogP contribution in [0, 0.1) is 19.7 Å². The Morgan fingerprint density at radius 3 is 2.58 bits per heavy atom. The molecule has 0 bridgehead atoms. The van der Waals surface area contributed by atoms with Gasteiger partial charge in [0.1, 0.15) is 5.82 Å². The second-order valence-corrected chi connectivity index (χ2v) is 5.51. The summed E-state index contributed by atoms with van der Waals surface area (Å²) in [7, 11) is 0. The van der Waals surface area contributed by atoms with E-state index in [1.54, 1.807) is 0 Å². The lowest BCUT2D eigenvalue weighted by Crippen LogP contribution is -2.06. The van der Waals surface area contributed by atoms with Gasteiger partial charge in [-0.25, -0.2) is 4.39 Å². The maximum Gasteiger partial charge on any atom is 0.168 e. The van der Waals surface area contributed by atoms with Crippen LogP contribution in [0.5, 0.6) is 0 Å². The summed E-state index contributed by atoms with van der Waals surface area (Å²) >= 11 is 3.23. The molecule has 0 saturated heterocycles. The normalized spacial score (nSPS) is 10.5. The largest absolute Gasteiger partial charge is 0.294 e. The number of carbonyl (C=O) groups excluding carboxylic acids is 1. The van der Waals surface area contributed by atoms with Crippen LogP contribution in [0.4, 0.5) is 4.39 Å². The highest BCUT2D eigenvalue weighted by Crippen LogP contribution is 2.21. The third-order valence-electron chi connectivity index (χ3n) is 3.09. The van der Waals surface area contributed by atoms with Gasteiger partial charge in [0.25, 0.3) is 0 Å². The van der Waals surface area contributed by atoms with Crippen LogP contribution in [0.25, 0.3) is 0 Å². The number of halogens is 2. The van der Waals surface area contributed by atoms with E-state index in [1.165, 1.54) is 18.2 Å². The standard InChI is InChI=1S/C16H14BrFO/c1-10-3-4-11(2)12(7-10)8-16(19)14-6-5-13(18)9-15(14)17/h3-7,9H,8H2,1-2H3. The second kappa shape index (κ2) is 5.66. The van der Waals surface area contributed by atoms with Crippen LogP contribution in [0.15, 0.2) is 40.9 Å². The zero-order valence-corrected chi connectivity index (χ0v) is 12.4. The molecule has 3 heteroatoms. The molecule has 0 unspecified atom stereocenters. The Labute approximate surface area is 120 Å². The molecule has 0 N–H and O–H groups in total. The van der Waals surface area contributed by atoms with Gasteiger partial charge in [-0.05, 0) is 59.1 Å². The molecule has 0 aliphatic rings. The molecule has 0 aromatic heterocycles. The van der Waals surface area contributed by atoms with Crippen LogP contribution >= 0.6 is 15.9 Å². The molecule has 0 aliphatic carbocycles. The highest BCUT2D eigenvalue weighted by atomic mass is 79.9. The van der Waals surface area contributed by atoms with E-state index in [1.807, 2.05) is 32.0 Å². The summed E-state index contributed by atoms with van der Waals surface area (Å²) in [5, 5.41) is 0. The fraction of sp³-hybridized carbons (Fsp3) is 0.188. The minimum atomic E-state index is -0.352. The quantitative estimate of drug-likeness (QED) is 0.753. The Bertz CT molecular complexity index is 635. The summed E-state index contributed by atoms with van der Waals surface area (Å²) in [5.74, 6) is -0.365. The molecule has 0 spiro atoms. The van der Waals surface area contributed by atoms with Gasteiger partial charge in [0.15, 0.2) is 5.78 Å². The van der Waals surface area contributed by atoms with Crippen molar-refractivity contribution in [2.75, 3.05) is 0 Å². The van der Waals surface area contributed by atoms with Crippen molar-refractivity contribution in [2.24, 2.45) is 0 Å². The van der Waals surface area contributed by atoms with E-state index in [9.17, 15) is 9.18 Å². The van der Waals surface area contributed by atoms with E-state index in [4.69, 9.17) is 0 Å². The van der Waals surface area contributed by atoms with Crippen molar-refractivity contribution in [1.29, 1.82) is 0 Å². The third kappa shape index (κ3) is 3.29. The van der Waals surface area contributed by atoms with Crippen molar-refractivity contribution in [3.63, 3.8) is 0 Å². The van der Waals surface area contributed by atoms with Gasteiger partial charge >= 0.3 is 0 Å². The van der Waals surface area contributed by atoms with Crippen LogP contribution in [-0.2, 0) is 6.42 Å². The summed E-state index contributed by atoms with van der Waals surface area (Å²) in [5.41, 5.74) is 3.76. The van der Waals surface area contributed by atoms with E-state index in [0.717, 1.165) is 16.7 Å². The predicted molar refractivity (Wildman–Crippen MR) is 78.1 cm³/mol. The average Bonchev–Trinajstić information content (AvgIpc) is 2.33. The van der Waals surface area contributed by atoms with Gasteiger partial charge in [0, 0.05) is 16.5 Å². The zero-order chi connectivity index (χ0) is 14.0. The van der Waals surface area contributed by atoms with Crippen molar-refractivity contribution in [3.8, 4) is 0 Å². The number of aryl methyl sites for hydroxylation is 2. The SMILES string of the molecule is Cc1ccc(C)c(CC(=O)c2ccc(F)cc2Br)c1. The van der Waals surface area contributed by atoms with Gasteiger partial charge in [-0.2, -0.15) is 0 Å². The van der Waals surface area contributed by atoms with Gasteiger partial charge in [-0.1, -0.05) is 23.8 Å². The molecule has 98 valence electrons. The average molecular weight is 321 g/mol. The van der Waals surface area contributed by atoms with Crippen molar-refractivity contribution in [2.45, 2.75) is 20.3 Å². The van der Waals surface area contributed by atoms with Gasteiger partial charge in [-0.3, -0.25) is 4.79 Å². The molecule has 0 fully saturated rings. The molecule has 0 radical (unpaired) electrons. The molecule has 19 heavy (non-hydrogen) atoms. The molecule has 1 nitrogen and oxygen atoms in total. The molecule has 2 aromatic rings.